The summed E-state index contributed by atoms with van der Waals surface area (Å²) in [5, 5.41) is 3.09. The van der Waals surface area contributed by atoms with Crippen molar-refractivity contribution >= 4 is 21.7 Å². The Balaban J connectivity index is 2.41. The summed E-state index contributed by atoms with van der Waals surface area (Å²) >= 11 is 3.31. The summed E-state index contributed by atoms with van der Waals surface area (Å²) in [6, 6.07) is 3.80. The normalized spacial score (nSPS) is 10.6. The van der Waals surface area contributed by atoms with Crippen LogP contribution in [0.5, 0.6) is 0 Å². The third kappa shape index (κ3) is 3.61. The Hall–Kier alpha value is -0.650. The molecule has 0 atom stereocenters. The van der Waals surface area contributed by atoms with Gasteiger partial charge in [0, 0.05) is 24.9 Å². The molecule has 0 aliphatic heterocycles. The minimum absolute atomic E-state index is 0.250. The molecule has 4 nitrogen and oxygen atoms in total. The number of aromatic nitrogens is 1. The van der Waals surface area contributed by atoms with Crippen LogP contribution in [0.4, 0.5) is 5.82 Å². The minimum atomic E-state index is -0.250. The summed E-state index contributed by atoms with van der Waals surface area (Å²) < 4.78 is 11.0. The zero-order chi connectivity index (χ0) is 10.4. The first-order chi connectivity index (χ1) is 6.76. The van der Waals surface area contributed by atoms with Gasteiger partial charge >= 0.3 is 0 Å². The van der Waals surface area contributed by atoms with Crippen molar-refractivity contribution in [1.29, 1.82) is 0 Å². The molecule has 1 rings (SSSR count). The standard InChI is InChI=1S/C9H13BrN2O2/c1-13-9(14-2)6-12-8-4-3-7(10)5-11-8/h3-5,9H,6H2,1-2H3,(H,11,12). The van der Waals surface area contributed by atoms with Crippen LogP contribution in [0.25, 0.3) is 0 Å². The van der Waals surface area contributed by atoms with Gasteiger partial charge in [-0.1, -0.05) is 0 Å². The highest BCUT2D eigenvalue weighted by molar-refractivity contribution is 9.10. The number of methoxy groups -OCH3 is 2. The molecular formula is C9H13BrN2O2. The second-order valence-electron chi connectivity index (χ2n) is 2.64. The molecule has 0 bridgehead atoms. The fourth-order valence-corrected chi connectivity index (χ4v) is 1.17. The van der Waals surface area contributed by atoms with Crippen molar-refractivity contribution in [2.45, 2.75) is 6.29 Å². The highest BCUT2D eigenvalue weighted by Gasteiger charge is 2.03. The van der Waals surface area contributed by atoms with Crippen molar-refractivity contribution in [1.82, 2.24) is 4.98 Å². The van der Waals surface area contributed by atoms with E-state index in [1.54, 1.807) is 20.4 Å². The molecular weight excluding hydrogens is 248 g/mol. The Morgan fingerprint density at radius 1 is 1.43 bits per heavy atom. The first kappa shape index (κ1) is 11.4. The number of rotatable bonds is 5. The molecule has 0 fully saturated rings. The summed E-state index contributed by atoms with van der Waals surface area (Å²) in [4.78, 5) is 4.15. The van der Waals surface area contributed by atoms with E-state index in [9.17, 15) is 0 Å². The van der Waals surface area contributed by atoms with Gasteiger partial charge in [0.05, 0.1) is 6.54 Å². The molecule has 78 valence electrons. The van der Waals surface area contributed by atoms with E-state index >= 15 is 0 Å². The summed E-state index contributed by atoms with van der Waals surface area (Å²) in [7, 11) is 3.20. The molecule has 14 heavy (non-hydrogen) atoms. The van der Waals surface area contributed by atoms with E-state index < -0.39 is 0 Å². The molecule has 1 aromatic rings. The Labute approximate surface area is 91.8 Å². The maximum Gasteiger partial charge on any atom is 0.173 e. The first-order valence-electron chi connectivity index (χ1n) is 4.17. The van der Waals surface area contributed by atoms with E-state index in [4.69, 9.17) is 9.47 Å². The number of ether oxygens (including phenoxy) is 2. The van der Waals surface area contributed by atoms with Gasteiger partial charge in [-0.05, 0) is 28.1 Å². The van der Waals surface area contributed by atoms with Crippen LogP contribution in [-0.4, -0.2) is 32.0 Å². The van der Waals surface area contributed by atoms with Crippen LogP contribution in [0.1, 0.15) is 0 Å². The van der Waals surface area contributed by atoms with E-state index in [0.29, 0.717) is 6.54 Å². The second kappa shape index (κ2) is 5.95. The molecule has 0 aliphatic carbocycles. The van der Waals surface area contributed by atoms with Crippen LogP contribution in [-0.2, 0) is 9.47 Å². The quantitative estimate of drug-likeness (QED) is 0.822. The highest BCUT2D eigenvalue weighted by Crippen LogP contribution is 2.10. The van der Waals surface area contributed by atoms with Crippen LogP contribution in [0.2, 0.25) is 0 Å². The predicted octanol–water partition coefficient (Wildman–Crippen LogP) is 1.87. The number of halogens is 1. The maximum atomic E-state index is 5.02. The molecule has 5 heteroatoms. The number of hydrogen-bond acceptors (Lipinski definition) is 4. The van der Waals surface area contributed by atoms with Crippen molar-refractivity contribution in [3.63, 3.8) is 0 Å². The van der Waals surface area contributed by atoms with Gasteiger partial charge in [-0.2, -0.15) is 0 Å². The first-order valence-corrected chi connectivity index (χ1v) is 4.96. The van der Waals surface area contributed by atoms with Crippen LogP contribution in [0, 0.1) is 0 Å². The van der Waals surface area contributed by atoms with Gasteiger partial charge in [-0.25, -0.2) is 4.98 Å². The molecule has 0 saturated carbocycles. The molecule has 1 N–H and O–H groups in total. The van der Waals surface area contributed by atoms with Gasteiger partial charge in [-0.3, -0.25) is 0 Å². The smallest absolute Gasteiger partial charge is 0.173 e. The molecule has 0 aliphatic rings. The number of pyridine rings is 1. The van der Waals surface area contributed by atoms with Crippen molar-refractivity contribution in [3.8, 4) is 0 Å². The van der Waals surface area contributed by atoms with Gasteiger partial charge < -0.3 is 14.8 Å². The lowest BCUT2D eigenvalue weighted by atomic mass is 10.4. The maximum absolute atomic E-state index is 5.02. The Morgan fingerprint density at radius 3 is 2.64 bits per heavy atom. The second-order valence-corrected chi connectivity index (χ2v) is 3.56. The summed E-state index contributed by atoms with van der Waals surface area (Å²) in [5.41, 5.74) is 0. The average Bonchev–Trinajstić information content (AvgIpc) is 2.22. The van der Waals surface area contributed by atoms with Crippen LogP contribution in [0.3, 0.4) is 0 Å². The summed E-state index contributed by atoms with van der Waals surface area (Å²) in [6.07, 6.45) is 1.48. The van der Waals surface area contributed by atoms with Gasteiger partial charge in [0.15, 0.2) is 6.29 Å². The third-order valence-electron chi connectivity index (χ3n) is 1.70. The predicted molar refractivity (Wildman–Crippen MR) is 58.2 cm³/mol. The fraction of sp³-hybridized carbons (Fsp3) is 0.444. The van der Waals surface area contributed by atoms with E-state index in [1.165, 1.54) is 0 Å². The molecule has 0 radical (unpaired) electrons. The topological polar surface area (TPSA) is 43.4 Å². The third-order valence-corrected chi connectivity index (χ3v) is 2.17. The highest BCUT2D eigenvalue weighted by atomic mass is 79.9. The fourth-order valence-electron chi connectivity index (χ4n) is 0.931. The largest absolute Gasteiger partial charge is 0.365 e. The Bertz CT molecular complexity index is 262. The number of nitrogens with one attached hydrogen (secondary N) is 1. The lowest BCUT2D eigenvalue weighted by Crippen LogP contribution is -2.23. The lowest BCUT2D eigenvalue weighted by molar-refractivity contribution is -0.0914. The van der Waals surface area contributed by atoms with E-state index in [2.05, 4.69) is 26.2 Å². The summed E-state index contributed by atoms with van der Waals surface area (Å²) in [6.45, 7) is 0.571. The summed E-state index contributed by atoms with van der Waals surface area (Å²) in [5.74, 6) is 0.798. The Morgan fingerprint density at radius 2 is 2.14 bits per heavy atom. The molecule has 0 saturated heterocycles. The van der Waals surface area contributed by atoms with Crippen LogP contribution < -0.4 is 5.32 Å². The lowest BCUT2D eigenvalue weighted by Gasteiger charge is -2.14. The molecule has 0 unspecified atom stereocenters. The van der Waals surface area contributed by atoms with Gasteiger partial charge in [0.2, 0.25) is 0 Å². The number of hydrogen-bond donors (Lipinski definition) is 1. The van der Waals surface area contributed by atoms with Gasteiger partial charge in [0.25, 0.3) is 0 Å². The van der Waals surface area contributed by atoms with Crippen LogP contribution in [0.15, 0.2) is 22.8 Å². The van der Waals surface area contributed by atoms with Gasteiger partial charge in [-0.15, -0.1) is 0 Å². The van der Waals surface area contributed by atoms with E-state index in [1.807, 2.05) is 12.1 Å². The Kier molecular flexibility index (Phi) is 4.86. The monoisotopic (exact) mass is 260 g/mol. The molecule has 0 spiro atoms. The molecule has 0 amide bonds. The number of anilines is 1. The van der Waals surface area contributed by atoms with Crippen molar-refractivity contribution in [2.24, 2.45) is 0 Å². The SMILES string of the molecule is COC(CNc1ccc(Br)cn1)OC. The zero-order valence-corrected chi connectivity index (χ0v) is 9.74. The van der Waals surface area contributed by atoms with E-state index in [0.717, 1.165) is 10.3 Å². The van der Waals surface area contributed by atoms with Crippen LogP contribution >= 0.6 is 15.9 Å². The molecule has 1 aromatic heterocycles. The minimum Gasteiger partial charge on any atom is -0.365 e. The van der Waals surface area contributed by atoms with Crippen molar-refractivity contribution in [2.75, 3.05) is 26.1 Å². The molecule has 0 aromatic carbocycles. The van der Waals surface area contributed by atoms with Crippen molar-refractivity contribution < 1.29 is 9.47 Å². The van der Waals surface area contributed by atoms with Gasteiger partial charge in [0.1, 0.15) is 5.82 Å². The zero-order valence-electron chi connectivity index (χ0n) is 8.16. The number of nitrogens with zero attached hydrogens (tertiary/aromatic N) is 1. The van der Waals surface area contributed by atoms with Crippen molar-refractivity contribution in [3.05, 3.63) is 22.8 Å². The molecule has 1 heterocycles. The average molecular weight is 261 g/mol. The van der Waals surface area contributed by atoms with E-state index in [-0.39, 0.29) is 6.29 Å².